The van der Waals surface area contributed by atoms with Crippen molar-refractivity contribution in [2.24, 2.45) is 15.6 Å². The predicted molar refractivity (Wildman–Crippen MR) is 92.3 cm³/mol. The summed E-state index contributed by atoms with van der Waals surface area (Å²) in [4.78, 5) is 11.9. The molecule has 0 aromatic heterocycles. The van der Waals surface area contributed by atoms with E-state index < -0.39 is 16.7 Å². The molecule has 0 saturated heterocycles. The van der Waals surface area contributed by atoms with Gasteiger partial charge in [-0.3, -0.25) is 4.79 Å². The van der Waals surface area contributed by atoms with E-state index in [4.69, 9.17) is 4.74 Å². The van der Waals surface area contributed by atoms with E-state index in [-0.39, 0.29) is 5.97 Å². The molecule has 2 atom stereocenters. The highest BCUT2D eigenvalue weighted by Gasteiger charge is 2.64. The number of carbonyl (C=O) groups is 1. The molecule has 2 aromatic carbocycles. The first kappa shape index (κ1) is 16.4. The largest absolute Gasteiger partial charge is 0.430 e. The van der Waals surface area contributed by atoms with Crippen LogP contribution in [0.15, 0.2) is 70.9 Å². The van der Waals surface area contributed by atoms with Crippen molar-refractivity contribution in [3.63, 3.8) is 0 Å². The molecule has 24 heavy (non-hydrogen) atoms. The number of hydrogen-bond donors (Lipinski definition) is 0. The molecule has 1 aliphatic heterocycles. The summed E-state index contributed by atoms with van der Waals surface area (Å²) in [5.41, 5.74) is -0.462. The van der Waals surface area contributed by atoms with Gasteiger partial charge in [-0.1, -0.05) is 74.5 Å². The predicted octanol–water partition coefficient (Wildman–Crippen LogP) is 4.81. The normalized spacial score (nSPS) is 27.8. The summed E-state index contributed by atoms with van der Waals surface area (Å²) in [6, 6.07) is 19.7. The van der Waals surface area contributed by atoms with E-state index in [2.05, 4.69) is 24.1 Å². The van der Waals surface area contributed by atoms with Crippen molar-refractivity contribution < 1.29 is 9.53 Å². The average Bonchev–Trinajstić information content (AvgIpc) is 2.78. The third kappa shape index (κ3) is 2.17. The number of hydrogen-bond acceptors (Lipinski definition) is 4. The van der Waals surface area contributed by atoms with Crippen LogP contribution in [0, 0.1) is 5.41 Å². The Bertz CT molecular complexity index is 771. The Balaban J connectivity index is 2.19. The topological polar surface area (TPSA) is 51.0 Å². The molecule has 2 aromatic rings. The molecule has 1 heterocycles. The summed E-state index contributed by atoms with van der Waals surface area (Å²) in [5, 5.41) is 9.16. The summed E-state index contributed by atoms with van der Waals surface area (Å²) in [6.07, 6.45) is 0. The van der Waals surface area contributed by atoms with Crippen LogP contribution >= 0.6 is 0 Å². The van der Waals surface area contributed by atoms with Gasteiger partial charge in [0.25, 0.3) is 5.72 Å². The minimum Gasteiger partial charge on any atom is -0.430 e. The molecular formula is C20H22N2O2. The van der Waals surface area contributed by atoms with E-state index in [1.54, 1.807) is 0 Å². The van der Waals surface area contributed by atoms with Gasteiger partial charge in [0.1, 0.15) is 5.54 Å². The van der Waals surface area contributed by atoms with E-state index in [1.807, 2.05) is 67.6 Å². The molecule has 0 amide bonds. The highest BCUT2D eigenvalue weighted by molar-refractivity contribution is 5.67. The zero-order valence-electron chi connectivity index (χ0n) is 14.5. The van der Waals surface area contributed by atoms with E-state index in [0.29, 0.717) is 0 Å². The molecule has 0 spiro atoms. The van der Waals surface area contributed by atoms with Crippen molar-refractivity contribution in [1.29, 1.82) is 0 Å². The van der Waals surface area contributed by atoms with E-state index in [1.165, 1.54) is 6.92 Å². The maximum atomic E-state index is 11.9. The lowest BCUT2D eigenvalue weighted by Gasteiger charge is -2.44. The third-order valence-electron chi connectivity index (χ3n) is 5.25. The van der Waals surface area contributed by atoms with Crippen LogP contribution in [0.3, 0.4) is 0 Å². The first-order valence-electron chi connectivity index (χ1n) is 8.08. The van der Waals surface area contributed by atoms with Gasteiger partial charge < -0.3 is 4.74 Å². The highest BCUT2D eigenvalue weighted by atomic mass is 16.6. The van der Waals surface area contributed by atoms with Crippen LogP contribution in [0.25, 0.3) is 0 Å². The van der Waals surface area contributed by atoms with Crippen molar-refractivity contribution in [3.05, 3.63) is 71.8 Å². The molecule has 0 saturated carbocycles. The highest BCUT2D eigenvalue weighted by Crippen LogP contribution is 2.60. The van der Waals surface area contributed by atoms with Crippen molar-refractivity contribution >= 4 is 5.97 Å². The molecule has 124 valence electrons. The summed E-state index contributed by atoms with van der Waals surface area (Å²) in [7, 11) is 0. The van der Waals surface area contributed by atoms with Crippen LogP contribution in [-0.4, -0.2) is 5.97 Å². The van der Waals surface area contributed by atoms with Crippen molar-refractivity contribution in [1.82, 2.24) is 0 Å². The summed E-state index contributed by atoms with van der Waals surface area (Å²) in [6.45, 7) is 7.56. The van der Waals surface area contributed by atoms with Crippen LogP contribution in [-0.2, 0) is 20.8 Å². The first-order valence-corrected chi connectivity index (χ1v) is 8.08. The number of benzene rings is 2. The second-order valence-corrected chi connectivity index (χ2v) is 6.87. The van der Waals surface area contributed by atoms with Crippen LogP contribution in [0.4, 0.5) is 0 Å². The minimum absolute atomic E-state index is 0.372. The van der Waals surface area contributed by atoms with Crippen LogP contribution in [0.2, 0.25) is 0 Å². The third-order valence-corrected chi connectivity index (χ3v) is 5.25. The molecule has 1 unspecified atom stereocenters. The van der Waals surface area contributed by atoms with Crippen LogP contribution in [0.5, 0.6) is 0 Å². The first-order chi connectivity index (χ1) is 11.3. The van der Waals surface area contributed by atoms with Gasteiger partial charge in [-0.2, -0.15) is 5.11 Å². The molecule has 0 radical (unpaired) electrons. The Morgan fingerprint density at radius 2 is 1.33 bits per heavy atom. The molecule has 0 bridgehead atoms. The summed E-state index contributed by atoms with van der Waals surface area (Å²) >= 11 is 0. The number of carbonyl (C=O) groups excluding carboxylic acids is 1. The van der Waals surface area contributed by atoms with Gasteiger partial charge in [-0.25, -0.2) is 0 Å². The number of ether oxygens (including phenoxy) is 1. The Morgan fingerprint density at radius 1 is 0.833 bits per heavy atom. The average molecular weight is 322 g/mol. The van der Waals surface area contributed by atoms with E-state index >= 15 is 0 Å². The maximum absolute atomic E-state index is 11.9. The zero-order valence-corrected chi connectivity index (χ0v) is 14.5. The van der Waals surface area contributed by atoms with Gasteiger partial charge >= 0.3 is 5.97 Å². The summed E-state index contributed by atoms with van der Waals surface area (Å²) < 4.78 is 5.82. The van der Waals surface area contributed by atoms with Crippen molar-refractivity contribution in [2.45, 2.75) is 39.0 Å². The maximum Gasteiger partial charge on any atom is 0.305 e. The number of azo groups is 1. The van der Waals surface area contributed by atoms with E-state index in [0.717, 1.165) is 11.1 Å². The van der Waals surface area contributed by atoms with Crippen molar-refractivity contribution in [2.75, 3.05) is 0 Å². The van der Waals surface area contributed by atoms with Crippen LogP contribution in [0.1, 0.15) is 38.8 Å². The fourth-order valence-electron chi connectivity index (χ4n) is 3.43. The number of nitrogens with zero attached hydrogens (tertiary/aromatic N) is 2. The van der Waals surface area contributed by atoms with Gasteiger partial charge in [0.2, 0.25) is 0 Å². The molecular weight excluding hydrogens is 300 g/mol. The second-order valence-electron chi connectivity index (χ2n) is 6.87. The fourth-order valence-corrected chi connectivity index (χ4v) is 3.43. The summed E-state index contributed by atoms with van der Waals surface area (Å²) in [5.74, 6) is -0.372. The number of esters is 1. The standard InChI is InChI=1S/C20H22N2O2/c1-15(23)24-20(17-13-9-6-10-14-17)18(2,3)19(4,21-22-20)16-11-7-5-8-12-16/h5-14H,1-4H3/t19?,20-/m0/s1. The quantitative estimate of drug-likeness (QED) is 0.761. The molecule has 0 N–H and O–H groups in total. The van der Waals surface area contributed by atoms with Gasteiger partial charge in [-0.15, -0.1) is 5.11 Å². The minimum atomic E-state index is -1.15. The Kier molecular flexibility index (Phi) is 3.78. The molecule has 0 fully saturated rings. The molecule has 0 aliphatic carbocycles. The Labute approximate surface area is 142 Å². The van der Waals surface area contributed by atoms with Gasteiger partial charge in [0.15, 0.2) is 0 Å². The molecule has 4 nitrogen and oxygen atoms in total. The van der Waals surface area contributed by atoms with Gasteiger partial charge in [-0.05, 0) is 12.5 Å². The van der Waals surface area contributed by atoms with Gasteiger partial charge in [0.05, 0.1) is 5.41 Å². The van der Waals surface area contributed by atoms with E-state index in [9.17, 15) is 4.79 Å². The zero-order chi connectivity index (χ0) is 17.4. The SMILES string of the molecule is CC(=O)O[C@]1(c2ccccc2)N=NC(C)(c2ccccc2)C1(C)C. The Morgan fingerprint density at radius 3 is 1.83 bits per heavy atom. The second kappa shape index (κ2) is 5.55. The lowest BCUT2D eigenvalue weighted by Crippen LogP contribution is -2.50. The lowest BCUT2D eigenvalue weighted by atomic mass is 9.63. The van der Waals surface area contributed by atoms with Crippen molar-refractivity contribution in [3.8, 4) is 0 Å². The molecule has 1 aliphatic rings. The smallest absolute Gasteiger partial charge is 0.305 e. The fraction of sp³-hybridized carbons (Fsp3) is 0.350. The van der Waals surface area contributed by atoms with Crippen LogP contribution < -0.4 is 0 Å². The molecule has 4 heteroatoms. The monoisotopic (exact) mass is 322 g/mol. The molecule has 3 rings (SSSR count). The lowest BCUT2D eigenvalue weighted by molar-refractivity contribution is -0.174. The number of rotatable bonds is 3. The van der Waals surface area contributed by atoms with Gasteiger partial charge in [0, 0.05) is 12.5 Å². The Hall–Kier alpha value is -2.49.